The SMILES string of the molecule is [CH2+][CH-]CCOCCOC1CCC(C2CCC(c3ccc(-c4ccc(C)cc4)cc3)CC2)CC1. The number of hydrogen-bond donors (Lipinski definition) is 0. The first-order chi connectivity index (χ1) is 16.2. The Labute approximate surface area is 202 Å². The van der Waals surface area contributed by atoms with Crippen LogP contribution in [-0.2, 0) is 9.47 Å². The summed E-state index contributed by atoms with van der Waals surface area (Å²) in [6.45, 7) is 8.08. The molecule has 0 atom stereocenters. The van der Waals surface area contributed by atoms with Gasteiger partial charge >= 0.3 is 0 Å². The van der Waals surface area contributed by atoms with Crippen LogP contribution in [0.3, 0.4) is 0 Å². The molecule has 2 aromatic rings. The molecule has 2 aromatic carbocycles. The van der Waals surface area contributed by atoms with Crippen LogP contribution in [0.25, 0.3) is 11.1 Å². The molecule has 0 N–H and O–H groups in total. The van der Waals surface area contributed by atoms with E-state index in [4.69, 9.17) is 9.47 Å². The normalized spacial score (nSPS) is 25.7. The maximum atomic E-state index is 6.07. The maximum Gasteiger partial charge on any atom is 0.0704 e. The third kappa shape index (κ3) is 7.11. The lowest BCUT2D eigenvalue weighted by atomic mass is 9.69. The summed E-state index contributed by atoms with van der Waals surface area (Å²) < 4.78 is 11.6. The first-order valence-corrected chi connectivity index (χ1v) is 13.2. The molecule has 0 spiro atoms. The van der Waals surface area contributed by atoms with Gasteiger partial charge in [-0.05, 0) is 92.7 Å². The van der Waals surface area contributed by atoms with Crippen LogP contribution in [0.2, 0.25) is 0 Å². The minimum atomic E-state index is 0.452. The number of aryl methyl sites for hydroxylation is 1. The number of unbranched alkanes of at least 4 members (excludes halogenated alkanes) is 1. The van der Waals surface area contributed by atoms with Crippen molar-refractivity contribution < 1.29 is 9.47 Å². The summed E-state index contributed by atoms with van der Waals surface area (Å²) in [6, 6.07) is 18.2. The zero-order valence-corrected chi connectivity index (χ0v) is 20.5. The van der Waals surface area contributed by atoms with Crippen LogP contribution in [0.15, 0.2) is 48.5 Å². The van der Waals surface area contributed by atoms with Crippen LogP contribution in [0, 0.1) is 32.1 Å². The van der Waals surface area contributed by atoms with Crippen molar-refractivity contribution in [2.45, 2.75) is 76.7 Å². The summed E-state index contributed by atoms with van der Waals surface area (Å²) in [5, 5.41) is 0. The molecule has 0 radical (unpaired) electrons. The molecule has 0 unspecified atom stereocenters. The van der Waals surface area contributed by atoms with Gasteiger partial charge < -0.3 is 9.47 Å². The Balaban J connectivity index is 1.16. The van der Waals surface area contributed by atoms with Crippen molar-refractivity contribution in [2.75, 3.05) is 19.8 Å². The molecule has 2 heteroatoms. The van der Waals surface area contributed by atoms with Crippen molar-refractivity contribution in [1.82, 2.24) is 0 Å². The Kier molecular flexibility index (Phi) is 9.32. The molecule has 2 aliphatic carbocycles. The average molecular weight is 447 g/mol. The number of rotatable bonds is 10. The van der Waals surface area contributed by atoms with Gasteiger partial charge in [0.1, 0.15) is 0 Å². The van der Waals surface area contributed by atoms with E-state index in [0.29, 0.717) is 12.7 Å². The molecular formula is C31H42O2. The van der Waals surface area contributed by atoms with Crippen LogP contribution in [0.5, 0.6) is 0 Å². The van der Waals surface area contributed by atoms with Crippen molar-refractivity contribution >= 4 is 0 Å². The van der Waals surface area contributed by atoms with Gasteiger partial charge in [0, 0.05) is 6.61 Å². The second-order valence-corrected chi connectivity index (χ2v) is 10.2. The highest BCUT2D eigenvalue weighted by molar-refractivity contribution is 5.64. The van der Waals surface area contributed by atoms with E-state index >= 15 is 0 Å². The lowest BCUT2D eigenvalue weighted by Crippen LogP contribution is -2.29. The Bertz CT molecular complexity index is 794. The molecule has 0 saturated heterocycles. The topological polar surface area (TPSA) is 18.5 Å². The summed E-state index contributed by atoms with van der Waals surface area (Å²) in [7, 11) is 0. The van der Waals surface area contributed by atoms with Crippen molar-refractivity contribution in [1.29, 1.82) is 0 Å². The summed E-state index contributed by atoms with van der Waals surface area (Å²) in [6.07, 6.45) is 14.0. The highest BCUT2D eigenvalue weighted by Crippen LogP contribution is 2.43. The monoisotopic (exact) mass is 446 g/mol. The Hall–Kier alpha value is -1.77. The minimum absolute atomic E-state index is 0.452. The van der Waals surface area contributed by atoms with E-state index in [2.05, 4.69) is 62.4 Å². The molecule has 33 heavy (non-hydrogen) atoms. The molecule has 2 nitrogen and oxygen atoms in total. The molecule has 2 saturated carbocycles. The third-order valence-electron chi connectivity index (χ3n) is 7.97. The lowest BCUT2D eigenvalue weighted by molar-refractivity contribution is -0.0216. The predicted molar refractivity (Wildman–Crippen MR) is 138 cm³/mol. The fraction of sp³-hybridized carbons (Fsp3) is 0.548. The number of benzene rings is 2. The molecule has 2 aliphatic rings. The Morgan fingerprint density at radius 2 is 1.30 bits per heavy atom. The van der Waals surface area contributed by atoms with Crippen molar-refractivity contribution in [2.24, 2.45) is 11.8 Å². The first kappa shape index (κ1) is 24.4. The molecule has 0 amide bonds. The fourth-order valence-corrected chi connectivity index (χ4v) is 5.89. The van der Waals surface area contributed by atoms with Gasteiger partial charge in [0.2, 0.25) is 0 Å². The van der Waals surface area contributed by atoms with Crippen LogP contribution >= 0.6 is 0 Å². The number of ether oxygens (including phenoxy) is 2. The van der Waals surface area contributed by atoms with Gasteiger partial charge in [0.15, 0.2) is 0 Å². The summed E-state index contributed by atoms with van der Waals surface area (Å²) in [5.74, 6) is 2.59. The fourth-order valence-electron chi connectivity index (χ4n) is 5.89. The molecule has 0 aromatic heterocycles. The Morgan fingerprint density at radius 1 is 0.727 bits per heavy atom. The summed E-state index contributed by atoms with van der Waals surface area (Å²) in [4.78, 5) is 0. The van der Waals surface area contributed by atoms with Gasteiger partial charge in [0.25, 0.3) is 0 Å². The van der Waals surface area contributed by atoms with Crippen LogP contribution < -0.4 is 0 Å². The lowest BCUT2D eigenvalue weighted by Gasteiger charge is -2.38. The zero-order chi connectivity index (χ0) is 22.9. The molecule has 4 rings (SSSR count). The van der Waals surface area contributed by atoms with E-state index in [1.54, 1.807) is 0 Å². The highest BCUT2D eigenvalue weighted by Gasteiger charge is 2.31. The van der Waals surface area contributed by atoms with Gasteiger partial charge in [0.05, 0.1) is 19.3 Å². The first-order valence-electron chi connectivity index (χ1n) is 13.2. The average Bonchev–Trinajstić information content (AvgIpc) is 2.87. The third-order valence-corrected chi connectivity index (χ3v) is 7.97. The van der Waals surface area contributed by atoms with Crippen LogP contribution in [0.4, 0.5) is 0 Å². The van der Waals surface area contributed by atoms with Crippen LogP contribution in [0.1, 0.15) is 74.8 Å². The van der Waals surface area contributed by atoms with E-state index in [1.165, 1.54) is 73.6 Å². The van der Waals surface area contributed by atoms with Gasteiger partial charge in [-0.15, -0.1) is 12.8 Å². The molecular weight excluding hydrogens is 404 g/mol. The second-order valence-electron chi connectivity index (χ2n) is 10.2. The predicted octanol–water partition coefficient (Wildman–Crippen LogP) is 7.96. The standard InChI is InChI=1S/C31H42O2/c1-3-4-21-32-22-23-33-31-19-17-30(18-20-31)29-15-13-28(14-16-29)27-11-9-26(10-12-27)25-7-5-24(2)6-8-25/h3,5-12,28-31H,1,4,13-23H2,2H3. The van der Waals surface area contributed by atoms with Gasteiger partial charge in [-0.3, -0.25) is 0 Å². The zero-order valence-electron chi connectivity index (χ0n) is 20.5. The molecule has 0 bridgehead atoms. The van der Waals surface area contributed by atoms with E-state index in [0.717, 1.165) is 37.4 Å². The van der Waals surface area contributed by atoms with Gasteiger partial charge in [-0.25, -0.2) is 0 Å². The molecule has 0 heterocycles. The van der Waals surface area contributed by atoms with Crippen molar-refractivity contribution in [3.63, 3.8) is 0 Å². The maximum absolute atomic E-state index is 6.07. The largest absolute Gasteiger partial charge is 0.382 e. The highest BCUT2D eigenvalue weighted by atomic mass is 16.5. The van der Waals surface area contributed by atoms with Crippen molar-refractivity contribution in [3.8, 4) is 11.1 Å². The smallest absolute Gasteiger partial charge is 0.0704 e. The van der Waals surface area contributed by atoms with E-state index in [1.807, 2.05) is 6.42 Å². The quantitative estimate of drug-likeness (QED) is 0.272. The van der Waals surface area contributed by atoms with Gasteiger partial charge in [-0.2, -0.15) is 0 Å². The van der Waals surface area contributed by atoms with E-state index in [9.17, 15) is 0 Å². The van der Waals surface area contributed by atoms with Crippen molar-refractivity contribution in [3.05, 3.63) is 73.0 Å². The van der Waals surface area contributed by atoms with E-state index in [-0.39, 0.29) is 0 Å². The number of hydrogen-bond acceptors (Lipinski definition) is 2. The minimum Gasteiger partial charge on any atom is -0.382 e. The molecule has 0 aliphatic heterocycles. The molecule has 2 fully saturated rings. The molecule has 178 valence electrons. The summed E-state index contributed by atoms with van der Waals surface area (Å²) in [5.41, 5.74) is 5.50. The second kappa shape index (κ2) is 12.6. The summed E-state index contributed by atoms with van der Waals surface area (Å²) >= 11 is 0. The van der Waals surface area contributed by atoms with Gasteiger partial charge in [-0.1, -0.05) is 61.0 Å². The Morgan fingerprint density at radius 3 is 1.91 bits per heavy atom. The van der Waals surface area contributed by atoms with Crippen LogP contribution in [-0.4, -0.2) is 25.9 Å². The van der Waals surface area contributed by atoms with E-state index < -0.39 is 0 Å².